The molecule has 6 aromatic carbocycles. The molecule has 0 N–H and O–H groups in total. The van der Waals surface area contributed by atoms with Gasteiger partial charge in [0.05, 0.1) is 24.4 Å². The molecular weight excluding hydrogens is 613 g/mol. The predicted molar refractivity (Wildman–Crippen MR) is 192 cm³/mol. The van der Waals surface area contributed by atoms with Crippen LogP contribution in [0.15, 0.2) is 182 Å². The summed E-state index contributed by atoms with van der Waals surface area (Å²) in [4.78, 5) is 0. The Balaban J connectivity index is 1.48. The van der Waals surface area contributed by atoms with E-state index in [0.717, 1.165) is 31.8 Å². The molecule has 0 bridgehead atoms. The van der Waals surface area contributed by atoms with Crippen LogP contribution in [0.25, 0.3) is 0 Å². The molecule has 0 atom stereocenters. The highest BCUT2D eigenvalue weighted by atomic mass is 31.2. The van der Waals surface area contributed by atoms with E-state index in [4.69, 9.17) is 12.6 Å². The lowest BCUT2D eigenvalue weighted by atomic mass is 10.4. The van der Waals surface area contributed by atoms with E-state index in [9.17, 15) is 0 Å². The summed E-state index contributed by atoms with van der Waals surface area (Å²) in [6, 6.07) is 62.8. The van der Waals surface area contributed by atoms with Gasteiger partial charge in [-0.3, -0.25) is 0 Å². The molecule has 0 spiro atoms. The van der Waals surface area contributed by atoms with Crippen LogP contribution in [0, 0.1) is 0 Å². The van der Waals surface area contributed by atoms with E-state index in [1.165, 1.54) is 0 Å². The fraction of sp³-hybridized carbons (Fsp3) is 0.0270. The maximum atomic E-state index is 7.35. The van der Waals surface area contributed by atoms with Gasteiger partial charge in [-0.1, -0.05) is 182 Å². The molecule has 6 rings (SSSR count). The summed E-state index contributed by atoms with van der Waals surface area (Å²) in [6.07, 6.45) is 0. The molecule has 218 valence electrons. The average molecular weight is 647 g/mol. The standard InChI is InChI=1S/C37H33O3P3Si/c1-44(38-41(32-20-8-2-9-21-32)33-22-10-3-11-23-33,39-42(34-24-12-4-13-25-34)35-26-14-5-15-27-35)40-43(36-28-16-6-17-29-36)37-30-18-7-19-31-37/h2-31H,1H3. The van der Waals surface area contributed by atoms with Gasteiger partial charge in [-0.2, -0.15) is 0 Å². The van der Waals surface area contributed by atoms with Crippen LogP contribution in [0.5, 0.6) is 0 Å². The van der Waals surface area contributed by atoms with E-state index >= 15 is 0 Å². The first kappa shape index (κ1) is 30.7. The van der Waals surface area contributed by atoms with E-state index in [-0.39, 0.29) is 0 Å². The van der Waals surface area contributed by atoms with Gasteiger partial charge in [0.2, 0.25) is 0 Å². The molecule has 0 aliphatic rings. The van der Waals surface area contributed by atoms with Crippen molar-refractivity contribution in [1.29, 1.82) is 0 Å². The first-order valence-corrected chi connectivity index (χ1v) is 20.5. The van der Waals surface area contributed by atoms with Gasteiger partial charge < -0.3 is 12.6 Å². The van der Waals surface area contributed by atoms with Gasteiger partial charge in [0.15, 0.2) is 0 Å². The summed E-state index contributed by atoms with van der Waals surface area (Å²) in [5.74, 6) is 0. The van der Waals surface area contributed by atoms with Gasteiger partial charge in [-0.05, 0) is 0 Å². The van der Waals surface area contributed by atoms with E-state index in [2.05, 4.69) is 152 Å². The Kier molecular flexibility index (Phi) is 10.6. The van der Waals surface area contributed by atoms with E-state index in [1.807, 2.05) is 36.4 Å². The third-order valence-corrected chi connectivity index (χ3v) is 17.5. The first-order chi connectivity index (χ1) is 21.7. The topological polar surface area (TPSA) is 27.7 Å². The maximum absolute atomic E-state index is 7.35. The van der Waals surface area contributed by atoms with Crippen molar-refractivity contribution in [3.63, 3.8) is 0 Å². The van der Waals surface area contributed by atoms with Gasteiger partial charge >= 0.3 is 8.80 Å². The molecule has 0 amide bonds. The molecule has 0 fully saturated rings. The summed E-state index contributed by atoms with van der Waals surface area (Å²) in [5.41, 5.74) is 0. The summed E-state index contributed by atoms with van der Waals surface area (Å²) in [7, 11) is -7.18. The highest BCUT2D eigenvalue weighted by Crippen LogP contribution is 2.50. The van der Waals surface area contributed by atoms with Crippen LogP contribution < -0.4 is 31.8 Å². The van der Waals surface area contributed by atoms with Crippen LogP contribution in [0.2, 0.25) is 6.55 Å². The van der Waals surface area contributed by atoms with E-state index in [0.29, 0.717) is 0 Å². The smallest absolute Gasteiger partial charge is 0.341 e. The maximum Gasteiger partial charge on any atom is 0.508 e. The van der Waals surface area contributed by atoms with Crippen LogP contribution in [-0.2, 0) is 12.6 Å². The first-order valence-electron chi connectivity index (χ1n) is 14.5. The van der Waals surface area contributed by atoms with Gasteiger partial charge in [-0.15, -0.1) is 0 Å². The normalized spacial score (nSPS) is 11.7. The number of hydrogen-bond donors (Lipinski definition) is 0. The molecule has 0 saturated heterocycles. The Hall–Kier alpha value is -3.29. The van der Waals surface area contributed by atoms with Crippen molar-refractivity contribution in [2.45, 2.75) is 6.55 Å². The van der Waals surface area contributed by atoms with Gasteiger partial charge in [0, 0.05) is 38.4 Å². The van der Waals surface area contributed by atoms with Crippen molar-refractivity contribution in [1.82, 2.24) is 0 Å². The lowest BCUT2D eigenvalue weighted by Crippen LogP contribution is -2.43. The molecule has 3 nitrogen and oxygen atoms in total. The lowest BCUT2D eigenvalue weighted by molar-refractivity contribution is 0.321. The van der Waals surface area contributed by atoms with E-state index < -0.39 is 33.3 Å². The van der Waals surface area contributed by atoms with Gasteiger partial charge in [0.25, 0.3) is 0 Å². The molecule has 0 aliphatic heterocycles. The Labute approximate surface area is 265 Å². The summed E-state index contributed by atoms with van der Waals surface area (Å²) >= 11 is 0. The van der Waals surface area contributed by atoms with Crippen LogP contribution in [0.3, 0.4) is 0 Å². The molecule has 0 unspecified atom stereocenters. The molecule has 44 heavy (non-hydrogen) atoms. The van der Waals surface area contributed by atoms with Crippen LogP contribution in [0.4, 0.5) is 0 Å². The van der Waals surface area contributed by atoms with Crippen molar-refractivity contribution in [2.75, 3.05) is 0 Å². The minimum Gasteiger partial charge on any atom is -0.341 e. The van der Waals surface area contributed by atoms with Crippen LogP contribution >= 0.6 is 24.4 Å². The van der Waals surface area contributed by atoms with Crippen molar-refractivity contribution < 1.29 is 12.6 Å². The molecule has 7 heteroatoms. The Morgan fingerprint density at radius 1 is 0.295 bits per heavy atom. The van der Waals surface area contributed by atoms with Gasteiger partial charge in [-0.25, -0.2) is 0 Å². The lowest BCUT2D eigenvalue weighted by Gasteiger charge is -2.36. The fourth-order valence-corrected chi connectivity index (χ4v) is 16.1. The molecule has 6 aromatic rings. The van der Waals surface area contributed by atoms with Crippen LogP contribution in [0.1, 0.15) is 0 Å². The Bertz CT molecular complexity index is 1380. The minimum absolute atomic E-state index is 1.12. The molecule has 0 radical (unpaired) electrons. The quantitative estimate of drug-likeness (QED) is 0.101. The molecular formula is C37H33O3P3Si. The summed E-state index contributed by atoms with van der Waals surface area (Å²) < 4.78 is 22.0. The van der Waals surface area contributed by atoms with Crippen molar-refractivity contribution in [2.24, 2.45) is 0 Å². The second-order valence-electron chi connectivity index (χ2n) is 10.0. The SMILES string of the molecule is C[Si](OP(c1ccccc1)c1ccccc1)(OP(c1ccccc1)c1ccccc1)OP(c1ccccc1)c1ccccc1. The monoisotopic (exact) mass is 646 g/mol. The number of benzene rings is 6. The largest absolute Gasteiger partial charge is 0.508 e. The zero-order chi connectivity index (χ0) is 30.0. The number of rotatable bonds is 12. The van der Waals surface area contributed by atoms with Gasteiger partial charge in [0.1, 0.15) is 0 Å². The summed E-state index contributed by atoms with van der Waals surface area (Å²) in [6.45, 7) is 2.08. The zero-order valence-corrected chi connectivity index (χ0v) is 28.1. The average Bonchev–Trinajstić information content (AvgIpc) is 3.11. The highest BCUT2D eigenvalue weighted by Gasteiger charge is 2.45. The van der Waals surface area contributed by atoms with Crippen molar-refractivity contribution >= 4 is 65.1 Å². The zero-order valence-electron chi connectivity index (χ0n) is 24.4. The minimum atomic E-state index is -3.45. The second kappa shape index (κ2) is 15.1. The van der Waals surface area contributed by atoms with Crippen molar-refractivity contribution in [3.8, 4) is 0 Å². The summed E-state index contributed by atoms with van der Waals surface area (Å²) in [5, 5.41) is 6.71. The third kappa shape index (κ3) is 7.85. The molecule has 0 aromatic heterocycles. The third-order valence-electron chi connectivity index (χ3n) is 6.72. The van der Waals surface area contributed by atoms with Crippen molar-refractivity contribution in [3.05, 3.63) is 182 Å². The van der Waals surface area contributed by atoms with Crippen LogP contribution in [-0.4, -0.2) is 8.80 Å². The Morgan fingerprint density at radius 3 is 0.614 bits per heavy atom. The fourth-order valence-electron chi connectivity index (χ4n) is 4.69. The molecule has 0 aliphatic carbocycles. The highest BCUT2D eigenvalue weighted by molar-refractivity contribution is 7.73. The second-order valence-corrected chi connectivity index (χ2v) is 18.8. The molecule has 0 saturated carbocycles. The number of hydrogen-bond acceptors (Lipinski definition) is 3. The van der Waals surface area contributed by atoms with E-state index in [1.54, 1.807) is 0 Å². The predicted octanol–water partition coefficient (Wildman–Crippen LogP) is 7.75. The molecule has 0 heterocycles. The Morgan fingerprint density at radius 2 is 0.455 bits per heavy atom.